The van der Waals surface area contributed by atoms with Crippen molar-refractivity contribution < 1.29 is 14.3 Å². The molecule has 0 spiro atoms. The number of carbonyl (C=O) groups excluding carboxylic acids is 1. The zero-order valence-corrected chi connectivity index (χ0v) is 18.6. The Bertz CT molecular complexity index is 883. The highest BCUT2D eigenvalue weighted by Gasteiger charge is 2.26. The van der Waals surface area contributed by atoms with Crippen LogP contribution < -0.4 is 20.1 Å². The topological polar surface area (TPSA) is 75.2 Å². The van der Waals surface area contributed by atoms with Gasteiger partial charge in [0.05, 0.1) is 13.7 Å². The lowest BCUT2D eigenvalue weighted by Crippen LogP contribution is -2.40. The fraction of sp³-hybridized carbons (Fsp3) is 0.417. The molecule has 1 heterocycles. The molecule has 166 valence electrons. The predicted molar refractivity (Wildman–Crippen MR) is 124 cm³/mol. The molecular weight excluding hydrogens is 392 g/mol. The van der Waals surface area contributed by atoms with E-state index < -0.39 is 0 Å². The van der Waals surface area contributed by atoms with Gasteiger partial charge >= 0.3 is 0 Å². The Morgan fingerprint density at radius 1 is 1.19 bits per heavy atom. The summed E-state index contributed by atoms with van der Waals surface area (Å²) in [4.78, 5) is 18.3. The van der Waals surface area contributed by atoms with Gasteiger partial charge < -0.3 is 25.0 Å². The number of nitrogens with zero attached hydrogens (tertiary/aromatic N) is 2. The van der Waals surface area contributed by atoms with Crippen molar-refractivity contribution in [3.8, 4) is 11.5 Å². The Labute approximate surface area is 184 Å². The average Bonchev–Trinajstić information content (AvgIpc) is 3.26. The van der Waals surface area contributed by atoms with Gasteiger partial charge in [-0.25, -0.2) is 4.99 Å². The number of nitrogens with one attached hydrogen (secondary N) is 2. The minimum Gasteiger partial charge on any atom is -0.497 e. The van der Waals surface area contributed by atoms with Gasteiger partial charge in [0, 0.05) is 44.2 Å². The molecule has 0 aromatic heterocycles. The molecule has 3 rings (SSSR count). The molecule has 2 aromatic carbocycles. The number of likely N-dealkylation sites (tertiary alicyclic amines) is 1. The van der Waals surface area contributed by atoms with Crippen LogP contribution >= 0.6 is 0 Å². The third-order valence-electron chi connectivity index (χ3n) is 5.19. The highest BCUT2D eigenvalue weighted by molar-refractivity contribution is 5.88. The van der Waals surface area contributed by atoms with Gasteiger partial charge in [0.15, 0.2) is 5.96 Å². The number of hydrogen-bond donors (Lipinski definition) is 2. The third kappa shape index (κ3) is 6.64. The molecular formula is C24H32N4O3. The van der Waals surface area contributed by atoms with Crippen molar-refractivity contribution in [2.75, 3.05) is 45.2 Å². The van der Waals surface area contributed by atoms with E-state index in [0.29, 0.717) is 24.8 Å². The van der Waals surface area contributed by atoms with Gasteiger partial charge in [0.2, 0.25) is 5.91 Å². The van der Waals surface area contributed by atoms with Crippen LogP contribution in [0.3, 0.4) is 0 Å². The van der Waals surface area contributed by atoms with Gasteiger partial charge in [0.1, 0.15) is 18.1 Å². The van der Waals surface area contributed by atoms with Crippen LogP contribution in [-0.2, 0) is 4.79 Å². The molecule has 1 amide bonds. The van der Waals surface area contributed by atoms with Gasteiger partial charge in [-0.3, -0.25) is 4.79 Å². The minimum absolute atomic E-state index is 0.101. The normalized spacial score (nSPS) is 16.2. The van der Waals surface area contributed by atoms with E-state index in [-0.39, 0.29) is 5.91 Å². The van der Waals surface area contributed by atoms with Crippen molar-refractivity contribution in [1.29, 1.82) is 0 Å². The summed E-state index contributed by atoms with van der Waals surface area (Å²) in [6.07, 6.45) is 1.10. The zero-order valence-electron chi connectivity index (χ0n) is 18.6. The van der Waals surface area contributed by atoms with Crippen molar-refractivity contribution in [3.63, 3.8) is 0 Å². The summed E-state index contributed by atoms with van der Waals surface area (Å²) in [6, 6.07) is 15.7. The smallest absolute Gasteiger partial charge is 0.221 e. The molecule has 7 nitrogen and oxygen atoms in total. The molecule has 31 heavy (non-hydrogen) atoms. The lowest BCUT2D eigenvalue weighted by Gasteiger charge is -2.22. The van der Waals surface area contributed by atoms with E-state index >= 15 is 0 Å². The fourth-order valence-electron chi connectivity index (χ4n) is 3.71. The first-order chi connectivity index (χ1) is 15.1. The number of methoxy groups -OCH3 is 1. The molecule has 7 heteroatoms. The second-order valence-corrected chi connectivity index (χ2v) is 7.50. The Morgan fingerprint density at radius 3 is 2.71 bits per heavy atom. The Balaban J connectivity index is 1.53. The van der Waals surface area contributed by atoms with Crippen LogP contribution in [0.25, 0.3) is 0 Å². The second kappa shape index (κ2) is 11.2. The summed E-state index contributed by atoms with van der Waals surface area (Å²) >= 11 is 0. The number of guanidine groups is 1. The number of aliphatic imine (C=N–C) groups is 1. The van der Waals surface area contributed by atoms with E-state index in [9.17, 15) is 4.79 Å². The molecule has 0 aliphatic carbocycles. The maximum Gasteiger partial charge on any atom is 0.221 e. The second-order valence-electron chi connectivity index (χ2n) is 7.50. The summed E-state index contributed by atoms with van der Waals surface area (Å²) < 4.78 is 11.1. The number of ether oxygens (including phenoxy) is 2. The van der Waals surface area contributed by atoms with Gasteiger partial charge in [0.25, 0.3) is 0 Å². The highest BCUT2D eigenvalue weighted by atomic mass is 16.5. The van der Waals surface area contributed by atoms with E-state index in [2.05, 4.69) is 34.6 Å². The lowest BCUT2D eigenvalue weighted by atomic mass is 9.98. The average molecular weight is 425 g/mol. The van der Waals surface area contributed by atoms with Gasteiger partial charge in [-0.05, 0) is 43.2 Å². The first-order valence-electron chi connectivity index (χ1n) is 10.8. The number of carbonyl (C=O) groups is 1. The molecule has 0 saturated carbocycles. The van der Waals surface area contributed by atoms with Crippen molar-refractivity contribution in [2.24, 2.45) is 4.99 Å². The first-order valence-corrected chi connectivity index (χ1v) is 10.8. The Kier molecular flexibility index (Phi) is 8.15. The molecule has 0 bridgehead atoms. The molecule has 1 aliphatic heterocycles. The summed E-state index contributed by atoms with van der Waals surface area (Å²) in [5.74, 6) is 2.91. The number of benzene rings is 2. The van der Waals surface area contributed by atoms with Gasteiger partial charge in [-0.15, -0.1) is 0 Å². The van der Waals surface area contributed by atoms with E-state index in [1.54, 1.807) is 7.11 Å². The highest BCUT2D eigenvalue weighted by Crippen LogP contribution is 2.28. The van der Waals surface area contributed by atoms with Crippen molar-refractivity contribution in [3.05, 3.63) is 54.1 Å². The predicted octanol–water partition coefficient (Wildman–Crippen LogP) is 3.49. The van der Waals surface area contributed by atoms with E-state index in [0.717, 1.165) is 43.5 Å². The van der Waals surface area contributed by atoms with Crippen LogP contribution in [0.2, 0.25) is 0 Å². The molecule has 1 atom stereocenters. The van der Waals surface area contributed by atoms with E-state index in [1.807, 2.05) is 36.4 Å². The maximum absolute atomic E-state index is 11.2. The van der Waals surface area contributed by atoms with Gasteiger partial charge in [-0.2, -0.15) is 0 Å². The lowest BCUT2D eigenvalue weighted by molar-refractivity contribution is -0.114. The SMILES string of the molecule is CCNC(=NCCOc1cccc(NC(C)=O)c1)N1CCC(c2ccc(OC)cc2)C1. The van der Waals surface area contributed by atoms with Crippen LogP contribution in [0.5, 0.6) is 11.5 Å². The van der Waals surface area contributed by atoms with E-state index in [4.69, 9.17) is 14.5 Å². The summed E-state index contributed by atoms with van der Waals surface area (Å²) in [6.45, 7) is 7.32. The molecule has 2 aromatic rings. The van der Waals surface area contributed by atoms with Crippen molar-refractivity contribution in [1.82, 2.24) is 10.2 Å². The number of amides is 1. The zero-order chi connectivity index (χ0) is 22.1. The van der Waals surface area contributed by atoms with Crippen molar-refractivity contribution >= 4 is 17.6 Å². The fourth-order valence-corrected chi connectivity index (χ4v) is 3.71. The van der Waals surface area contributed by atoms with Crippen LogP contribution in [0.4, 0.5) is 5.69 Å². The van der Waals surface area contributed by atoms with Crippen LogP contribution in [0.1, 0.15) is 31.7 Å². The standard InChI is InChI=1S/C24H32N4O3/c1-4-25-24(26-13-15-31-23-7-5-6-21(16-23)27-18(2)29)28-14-12-20(17-28)19-8-10-22(30-3)11-9-19/h5-11,16,20H,4,12-15,17H2,1-3H3,(H,25,26)(H,27,29). The first kappa shape index (κ1) is 22.5. The summed E-state index contributed by atoms with van der Waals surface area (Å²) in [5, 5.41) is 6.16. The largest absolute Gasteiger partial charge is 0.497 e. The summed E-state index contributed by atoms with van der Waals surface area (Å²) in [5.41, 5.74) is 2.06. The van der Waals surface area contributed by atoms with Crippen LogP contribution in [-0.4, -0.2) is 56.7 Å². The quantitative estimate of drug-likeness (QED) is 0.385. The molecule has 2 N–H and O–H groups in total. The third-order valence-corrected chi connectivity index (χ3v) is 5.19. The molecule has 1 saturated heterocycles. The van der Waals surface area contributed by atoms with E-state index in [1.165, 1.54) is 12.5 Å². The van der Waals surface area contributed by atoms with Crippen LogP contribution in [0.15, 0.2) is 53.5 Å². The van der Waals surface area contributed by atoms with Crippen molar-refractivity contribution in [2.45, 2.75) is 26.2 Å². The minimum atomic E-state index is -0.101. The van der Waals surface area contributed by atoms with Gasteiger partial charge in [-0.1, -0.05) is 18.2 Å². The Hall–Kier alpha value is -3.22. The number of anilines is 1. The molecule has 1 fully saturated rings. The molecule has 1 unspecified atom stereocenters. The number of rotatable bonds is 8. The monoisotopic (exact) mass is 424 g/mol. The number of hydrogen-bond acceptors (Lipinski definition) is 4. The molecule has 0 radical (unpaired) electrons. The summed E-state index contributed by atoms with van der Waals surface area (Å²) in [7, 11) is 1.69. The van der Waals surface area contributed by atoms with Crippen LogP contribution in [0, 0.1) is 0 Å². The maximum atomic E-state index is 11.2. The Morgan fingerprint density at radius 2 is 2.00 bits per heavy atom. The molecule has 1 aliphatic rings.